The van der Waals surface area contributed by atoms with Crippen LogP contribution in [0.15, 0.2) is 48.7 Å². The zero-order valence-electron chi connectivity index (χ0n) is 21.5. The molecule has 0 saturated carbocycles. The van der Waals surface area contributed by atoms with Crippen molar-refractivity contribution in [3.8, 4) is 5.75 Å². The monoisotopic (exact) mass is 504 g/mol. The van der Waals surface area contributed by atoms with Gasteiger partial charge >= 0.3 is 0 Å². The number of methoxy groups -OCH3 is 1. The molecule has 8 nitrogen and oxygen atoms in total. The van der Waals surface area contributed by atoms with Gasteiger partial charge in [0.1, 0.15) is 5.75 Å². The van der Waals surface area contributed by atoms with Crippen LogP contribution in [0.25, 0.3) is 10.9 Å². The number of hydrogen-bond donors (Lipinski definition) is 1. The molecule has 2 aliphatic heterocycles. The van der Waals surface area contributed by atoms with Gasteiger partial charge in [-0.2, -0.15) is 0 Å². The predicted molar refractivity (Wildman–Crippen MR) is 143 cm³/mol. The molecule has 2 saturated heterocycles. The molecular weight excluding hydrogens is 468 g/mol. The smallest absolute Gasteiger partial charge is 0.248 e. The molecule has 0 atom stereocenters. The van der Waals surface area contributed by atoms with Crippen molar-refractivity contribution in [3.63, 3.8) is 0 Å². The Morgan fingerprint density at radius 1 is 1.05 bits per heavy atom. The molecule has 2 aliphatic rings. The third-order valence-corrected chi connectivity index (χ3v) is 7.79. The first kappa shape index (κ1) is 25.3. The van der Waals surface area contributed by atoms with Crippen molar-refractivity contribution in [2.45, 2.75) is 31.7 Å². The molecule has 0 spiro atoms. The maximum Gasteiger partial charge on any atom is 0.248 e. The summed E-state index contributed by atoms with van der Waals surface area (Å²) < 4.78 is 13.4. The molecule has 0 unspecified atom stereocenters. The Balaban J connectivity index is 1.22. The summed E-state index contributed by atoms with van der Waals surface area (Å²) in [6, 6.07) is 14.2. The van der Waals surface area contributed by atoms with Gasteiger partial charge < -0.3 is 29.6 Å². The van der Waals surface area contributed by atoms with Gasteiger partial charge in [0.05, 0.1) is 26.7 Å². The summed E-state index contributed by atoms with van der Waals surface area (Å²) in [6.45, 7) is 5.45. The van der Waals surface area contributed by atoms with Crippen LogP contribution in [0.3, 0.4) is 0 Å². The van der Waals surface area contributed by atoms with Crippen LogP contribution in [0.4, 0.5) is 0 Å². The molecule has 1 aromatic heterocycles. The molecule has 0 radical (unpaired) electrons. The first-order valence-corrected chi connectivity index (χ1v) is 13.2. The van der Waals surface area contributed by atoms with E-state index in [0.717, 1.165) is 66.7 Å². The van der Waals surface area contributed by atoms with Gasteiger partial charge in [-0.05, 0) is 60.0 Å². The van der Waals surface area contributed by atoms with E-state index in [-0.39, 0.29) is 5.91 Å². The van der Waals surface area contributed by atoms with Crippen LogP contribution < -0.4 is 10.5 Å². The number of carbonyl (C=O) groups is 2. The van der Waals surface area contributed by atoms with Crippen LogP contribution in [-0.4, -0.2) is 79.2 Å². The van der Waals surface area contributed by atoms with Gasteiger partial charge in [0.15, 0.2) is 0 Å². The average Bonchev–Trinajstić information content (AvgIpc) is 3.36. The van der Waals surface area contributed by atoms with E-state index in [1.807, 2.05) is 29.2 Å². The van der Waals surface area contributed by atoms with Crippen LogP contribution in [0.5, 0.6) is 5.75 Å². The summed E-state index contributed by atoms with van der Waals surface area (Å²) in [5.41, 5.74) is 9.30. The fraction of sp³-hybridized carbons (Fsp3) is 0.448. The number of hydrogen-bond acceptors (Lipinski definition) is 5. The predicted octanol–water partition coefficient (Wildman–Crippen LogP) is 3.03. The number of morpholine rings is 1. The SMILES string of the molecule is COc1cccc(CC(=O)N2CCOCC2)c1CCN1CCC(n2ccc3ccc(C(N)=O)cc32)CC1. The maximum absolute atomic E-state index is 12.9. The highest BCUT2D eigenvalue weighted by atomic mass is 16.5. The molecule has 3 heterocycles. The Bertz CT molecular complexity index is 1260. The number of nitrogens with zero attached hydrogens (tertiary/aromatic N) is 3. The molecule has 0 aliphatic carbocycles. The molecule has 2 aromatic carbocycles. The summed E-state index contributed by atoms with van der Waals surface area (Å²) in [6.07, 6.45) is 5.44. The molecule has 2 amide bonds. The van der Waals surface area contributed by atoms with E-state index in [9.17, 15) is 9.59 Å². The number of ether oxygens (including phenoxy) is 2. The Labute approximate surface area is 217 Å². The van der Waals surface area contributed by atoms with Gasteiger partial charge in [-0.3, -0.25) is 9.59 Å². The van der Waals surface area contributed by atoms with E-state index >= 15 is 0 Å². The maximum atomic E-state index is 12.9. The van der Waals surface area contributed by atoms with Gasteiger partial charge in [0.2, 0.25) is 11.8 Å². The molecule has 3 aromatic rings. The van der Waals surface area contributed by atoms with E-state index in [0.29, 0.717) is 44.3 Å². The minimum Gasteiger partial charge on any atom is -0.496 e. The summed E-state index contributed by atoms with van der Waals surface area (Å²) in [5, 5.41) is 1.13. The van der Waals surface area contributed by atoms with Crippen LogP contribution in [0.2, 0.25) is 0 Å². The number of benzene rings is 2. The Morgan fingerprint density at radius 3 is 2.57 bits per heavy atom. The fourth-order valence-electron chi connectivity index (χ4n) is 5.65. The van der Waals surface area contributed by atoms with E-state index in [4.69, 9.17) is 15.2 Å². The van der Waals surface area contributed by atoms with Crippen molar-refractivity contribution in [2.24, 2.45) is 5.73 Å². The van der Waals surface area contributed by atoms with E-state index in [1.54, 1.807) is 13.2 Å². The largest absolute Gasteiger partial charge is 0.496 e. The minimum absolute atomic E-state index is 0.150. The number of fused-ring (bicyclic) bond motifs is 1. The summed E-state index contributed by atoms with van der Waals surface area (Å²) in [5.74, 6) is 0.607. The molecule has 2 fully saturated rings. The lowest BCUT2D eigenvalue weighted by molar-refractivity contribution is -0.134. The zero-order valence-corrected chi connectivity index (χ0v) is 21.5. The molecule has 5 rings (SSSR count). The lowest BCUT2D eigenvalue weighted by Crippen LogP contribution is -2.41. The van der Waals surface area contributed by atoms with Crippen LogP contribution in [-0.2, 0) is 22.4 Å². The standard InChI is InChI=1S/C29H36N4O4/c1-36-27-4-2-3-22(20-28(34)32-15-17-37-18-16-32)25(27)10-13-31-11-8-24(9-12-31)33-14-7-21-5-6-23(29(30)35)19-26(21)33/h2-7,14,19,24H,8-13,15-18,20H2,1H3,(H2,30,35). The second-order valence-corrected chi connectivity index (χ2v) is 9.95. The minimum atomic E-state index is -0.396. The normalized spacial score (nSPS) is 17.3. The van der Waals surface area contributed by atoms with Crippen LogP contribution in [0.1, 0.15) is 40.4 Å². The number of carbonyl (C=O) groups excluding carboxylic acids is 2. The molecule has 0 bridgehead atoms. The third kappa shape index (κ3) is 5.65. The Kier molecular flexibility index (Phi) is 7.76. The van der Waals surface area contributed by atoms with E-state index in [2.05, 4.69) is 27.8 Å². The third-order valence-electron chi connectivity index (χ3n) is 7.79. The number of amides is 2. The summed E-state index contributed by atoms with van der Waals surface area (Å²) >= 11 is 0. The molecule has 8 heteroatoms. The number of nitrogens with two attached hydrogens (primary N) is 1. The summed E-state index contributed by atoms with van der Waals surface area (Å²) in [4.78, 5) is 29.0. The van der Waals surface area contributed by atoms with Crippen molar-refractivity contribution >= 4 is 22.7 Å². The number of primary amides is 1. The Hall–Kier alpha value is -3.36. The first-order valence-electron chi connectivity index (χ1n) is 13.2. The van der Waals surface area contributed by atoms with Crippen LogP contribution >= 0.6 is 0 Å². The van der Waals surface area contributed by atoms with Crippen molar-refractivity contribution < 1.29 is 19.1 Å². The fourth-order valence-corrected chi connectivity index (χ4v) is 5.65. The number of piperidine rings is 1. The van der Waals surface area contributed by atoms with Crippen LogP contribution in [0, 0.1) is 0 Å². The topological polar surface area (TPSA) is 90.0 Å². The lowest BCUT2D eigenvalue weighted by atomic mass is 9.98. The van der Waals surface area contributed by atoms with Crippen molar-refractivity contribution in [1.82, 2.24) is 14.4 Å². The number of aromatic nitrogens is 1. The Morgan fingerprint density at radius 2 is 1.84 bits per heavy atom. The van der Waals surface area contributed by atoms with Crippen molar-refractivity contribution in [3.05, 3.63) is 65.4 Å². The lowest BCUT2D eigenvalue weighted by Gasteiger charge is -2.33. The molecular formula is C29H36N4O4. The van der Waals surface area contributed by atoms with E-state index < -0.39 is 5.91 Å². The zero-order chi connectivity index (χ0) is 25.8. The van der Waals surface area contributed by atoms with Gasteiger partial charge in [0, 0.05) is 56.0 Å². The molecule has 196 valence electrons. The highest BCUT2D eigenvalue weighted by molar-refractivity contribution is 5.97. The number of likely N-dealkylation sites (tertiary alicyclic amines) is 1. The van der Waals surface area contributed by atoms with Crippen molar-refractivity contribution in [2.75, 3.05) is 53.0 Å². The van der Waals surface area contributed by atoms with Gasteiger partial charge in [-0.25, -0.2) is 0 Å². The number of rotatable bonds is 8. The van der Waals surface area contributed by atoms with Crippen molar-refractivity contribution in [1.29, 1.82) is 0 Å². The summed E-state index contributed by atoms with van der Waals surface area (Å²) in [7, 11) is 1.70. The van der Waals surface area contributed by atoms with E-state index in [1.165, 1.54) is 0 Å². The molecule has 37 heavy (non-hydrogen) atoms. The molecule has 2 N–H and O–H groups in total. The van der Waals surface area contributed by atoms with Gasteiger partial charge in [-0.15, -0.1) is 0 Å². The van der Waals surface area contributed by atoms with Gasteiger partial charge in [-0.1, -0.05) is 18.2 Å². The quantitative estimate of drug-likeness (QED) is 0.509. The highest BCUT2D eigenvalue weighted by Crippen LogP contribution is 2.29. The first-order chi connectivity index (χ1) is 18.0. The second kappa shape index (κ2) is 11.4. The average molecular weight is 505 g/mol. The van der Waals surface area contributed by atoms with Gasteiger partial charge in [0.25, 0.3) is 0 Å². The second-order valence-electron chi connectivity index (χ2n) is 9.95. The highest BCUT2D eigenvalue weighted by Gasteiger charge is 2.23.